The number of allylic oxidation sites excluding steroid dienone is 1. The standard InChI is InChI=1S/C17H16S/c1-13-7-5-11-16-15(13)10-6-12-17(16)18-14-8-3-2-4-9-14/h2-5,7-9,11-12H,6,10H2,1H3. The van der Waals surface area contributed by atoms with Gasteiger partial charge in [0.1, 0.15) is 0 Å². The summed E-state index contributed by atoms with van der Waals surface area (Å²) in [5.41, 5.74) is 4.38. The van der Waals surface area contributed by atoms with E-state index in [1.165, 1.54) is 32.9 Å². The van der Waals surface area contributed by atoms with E-state index in [1.54, 1.807) is 0 Å². The molecule has 90 valence electrons. The van der Waals surface area contributed by atoms with Gasteiger partial charge in [-0.3, -0.25) is 0 Å². The fourth-order valence-corrected chi connectivity index (χ4v) is 3.48. The summed E-state index contributed by atoms with van der Waals surface area (Å²) in [7, 11) is 0. The van der Waals surface area contributed by atoms with Gasteiger partial charge in [0.2, 0.25) is 0 Å². The largest absolute Gasteiger partial charge is 0.0898 e. The average molecular weight is 252 g/mol. The Hall–Kier alpha value is -1.47. The summed E-state index contributed by atoms with van der Waals surface area (Å²) >= 11 is 1.88. The van der Waals surface area contributed by atoms with Crippen LogP contribution in [-0.4, -0.2) is 0 Å². The van der Waals surface area contributed by atoms with Crippen LogP contribution >= 0.6 is 11.8 Å². The summed E-state index contributed by atoms with van der Waals surface area (Å²) in [6, 6.07) is 17.3. The number of thioether (sulfide) groups is 1. The maximum Gasteiger partial charge on any atom is 0.0157 e. The lowest BCUT2D eigenvalue weighted by molar-refractivity contribution is 0.969. The lowest BCUT2D eigenvalue weighted by atomic mass is 9.93. The zero-order valence-electron chi connectivity index (χ0n) is 10.5. The molecule has 0 N–H and O–H groups in total. The van der Waals surface area contributed by atoms with E-state index < -0.39 is 0 Å². The van der Waals surface area contributed by atoms with Crippen molar-refractivity contribution in [2.45, 2.75) is 24.7 Å². The molecular formula is C17H16S. The molecule has 0 nitrogen and oxygen atoms in total. The Morgan fingerprint density at radius 3 is 2.61 bits per heavy atom. The SMILES string of the molecule is Cc1cccc2c1CCC=C2Sc1ccccc1. The second-order valence-electron chi connectivity index (χ2n) is 4.62. The molecular weight excluding hydrogens is 236 g/mol. The van der Waals surface area contributed by atoms with Crippen LogP contribution in [0.1, 0.15) is 23.1 Å². The summed E-state index contributed by atoms with van der Waals surface area (Å²) in [5.74, 6) is 0. The van der Waals surface area contributed by atoms with E-state index >= 15 is 0 Å². The summed E-state index contributed by atoms with van der Waals surface area (Å²) in [6.07, 6.45) is 4.72. The first kappa shape index (κ1) is 11.6. The van der Waals surface area contributed by atoms with E-state index in [0.29, 0.717) is 0 Å². The number of fused-ring (bicyclic) bond motifs is 1. The first-order chi connectivity index (χ1) is 8.84. The molecule has 1 aliphatic carbocycles. The Bertz CT molecular complexity index is 582. The lowest BCUT2D eigenvalue weighted by Crippen LogP contribution is -2.00. The van der Waals surface area contributed by atoms with Crippen molar-refractivity contribution in [1.82, 2.24) is 0 Å². The highest BCUT2D eigenvalue weighted by atomic mass is 32.2. The van der Waals surface area contributed by atoms with Crippen molar-refractivity contribution in [2.75, 3.05) is 0 Å². The van der Waals surface area contributed by atoms with Crippen LogP contribution in [0.15, 0.2) is 59.5 Å². The number of rotatable bonds is 2. The molecule has 0 fully saturated rings. The summed E-state index contributed by atoms with van der Waals surface area (Å²) in [6.45, 7) is 2.22. The second kappa shape index (κ2) is 5.03. The zero-order chi connectivity index (χ0) is 12.4. The van der Waals surface area contributed by atoms with Gasteiger partial charge in [-0.05, 0) is 48.6 Å². The third kappa shape index (κ3) is 2.23. The molecule has 0 atom stereocenters. The molecule has 18 heavy (non-hydrogen) atoms. The minimum absolute atomic E-state index is 1.16. The van der Waals surface area contributed by atoms with Crippen LogP contribution in [0.5, 0.6) is 0 Å². The minimum atomic E-state index is 1.16. The number of hydrogen-bond acceptors (Lipinski definition) is 1. The first-order valence-corrected chi connectivity index (χ1v) is 7.18. The molecule has 3 rings (SSSR count). The third-order valence-corrected chi connectivity index (χ3v) is 4.49. The van der Waals surface area contributed by atoms with Gasteiger partial charge < -0.3 is 0 Å². The maximum absolute atomic E-state index is 2.37. The molecule has 0 bridgehead atoms. The van der Waals surface area contributed by atoms with Crippen molar-refractivity contribution in [3.05, 3.63) is 71.3 Å². The van der Waals surface area contributed by atoms with E-state index in [-0.39, 0.29) is 0 Å². The van der Waals surface area contributed by atoms with Crippen molar-refractivity contribution in [2.24, 2.45) is 0 Å². The summed E-state index contributed by atoms with van der Waals surface area (Å²) in [5, 5.41) is 0. The van der Waals surface area contributed by atoms with Crippen molar-refractivity contribution in [3.63, 3.8) is 0 Å². The molecule has 1 aliphatic rings. The van der Waals surface area contributed by atoms with Crippen LogP contribution in [0.2, 0.25) is 0 Å². The Morgan fingerprint density at radius 1 is 0.944 bits per heavy atom. The van der Waals surface area contributed by atoms with Gasteiger partial charge in [-0.15, -0.1) is 0 Å². The monoisotopic (exact) mass is 252 g/mol. The molecule has 0 saturated heterocycles. The molecule has 2 aromatic carbocycles. The molecule has 0 radical (unpaired) electrons. The smallest absolute Gasteiger partial charge is 0.0157 e. The minimum Gasteiger partial charge on any atom is -0.0898 e. The van der Waals surface area contributed by atoms with Crippen LogP contribution in [0.3, 0.4) is 0 Å². The molecule has 0 spiro atoms. The van der Waals surface area contributed by atoms with Gasteiger partial charge in [-0.1, -0.05) is 54.2 Å². The normalized spacial score (nSPS) is 13.9. The number of aryl methyl sites for hydroxylation is 1. The highest BCUT2D eigenvalue weighted by Gasteiger charge is 2.14. The topological polar surface area (TPSA) is 0 Å². The van der Waals surface area contributed by atoms with E-state index in [4.69, 9.17) is 0 Å². The Kier molecular flexibility index (Phi) is 3.24. The van der Waals surface area contributed by atoms with Gasteiger partial charge in [0.25, 0.3) is 0 Å². The van der Waals surface area contributed by atoms with Crippen molar-refractivity contribution < 1.29 is 0 Å². The quantitative estimate of drug-likeness (QED) is 0.718. The van der Waals surface area contributed by atoms with E-state index in [9.17, 15) is 0 Å². The predicted molar refractivity (Wildman–Crippen MR) is 79.8 cm³/mol. The second-order valence-corrected chi connectivity index (χ2v) is 5.74. The number of benzene rings is 2. The predicted octanol–water partition coefficient (Wildman–Crippen LogP) is 5.07. The van der Waals surface area contributed by atoms with Crippen LogP contribution in [-0.2, 0) is 6.42 Å². The van der Waals surface area contributed by atoms with Crippen LogP contribution < -0.4 is 0 Å². The molecule has 0 unspecified atom stereocenters. The lowest BCUT2D eigenvalue weighted by Gasteiger charge is -2.19. The zero-order valence-corrected chi connectivity index (χ0v) is 11.3. The first-order valence-electron chi connectivity index (χ1n) is 6.36. The van der Waals surface area contributed by atoms with E-state index in [0.717, 1.165) is 6.42 Å². The molecule has 0 amide bonds. The average Bonchev–Trinajstić information content (AvgIpc) is 2.41. The van der Waals surface area contributed by atoms with Crippen molar-refractivity contribution in [1.29, 1.82) is 0 Å². The molecule has 0 heterocycles. The fraction of sp³-hybridized carbons (Fsp3) is 0.176. The van der Waals surface area contributed by atoms with Crippen LogP contribution in [0.4, 0.5) is 0 Å². The Morgan fingerprint density at radius 2 is 1.78 bits per heavy atom. The van der Waals surface area contributed by atoms with Gasteiger partial charge in [-0.25, -0.2) is 0 Å². The summed E-state index contributed by atoms with van der Waals surface area (Å²) in [4.78, 5) is 2.73. The van der Waals surface area contributed by atoms with Gasteiger partial charge in [0, 0.05) is 9.80 Å². The van der Waals surface area contributed by atoms with Crippen molar-refractivity contribution in [3.8, 4) is 0 Å². The Balaban J connectivity index is 1.96. The molecule has 1 heteroatoms. The molecule has 0 saturated carbocycles. The highest BCUT2D eigenvalue weighted by molar-refractivity contribution is 8.08. The van der Waals surface area contributed by atoms with Crippen molar-refractivity contribution >= 4 is 16.7 Å². The van der Waals surface area contributed by atoms with Gasteiger partial charge >= 0.3 is 0 Å². The molecule has 0 aromatic heterocycles. The maximum atomic E-state index is 2.37. The molecule has 2 aromatic rings. The Labute approximate surface area is 113 Å². The molecule has 0 aliphatic heterocycles. The van der Waals surface area contributed by atoms with Crippen LogP contribution in [0.25, 0.3) is 4.91 Å². The summed E-state index contributed by atoms with van der Waals surface area (Å²) < 4.78 is 0. The highest BCUT2D eigenvalue weighted by Crippen LogP contribution is 2.39. The number of hydrogen-bond donors (Lipinski definition) is 0. The fourth-order valence-electron chi connectivity index (χ4n) is 2.43. The van der Waals surface area contributed by atoms with Gasteiger partial charge in [0.15, 0.2) is 0 Å². The van der Waals surface area contributed by atoms with Gasteiger partial charge in [0.05, 0.1) is 0 Å². The van der Waals surface area contributed by atoms with E-state index in [1.807, 2.05) is 11.8 Å². The third-order valence-electron chi connectivity index (χ3n) is 3.37. The van der Waals surface area contributed by atoms with Gasteiger partial charge in [-0.2, -0.15) is 0 Å². The van der Waals surface area contributed by atoms with E-state index in [2.05, 4.69) is 61.5 Å². The van der Waals surface area contributed by atoms with Crippen LogP contribution in [0, 0.1) is 6.92 Å².